The summed E-state index contributed by atoms with van der Waals surface area (Å²) in [7, 11) is 0. The Morgan fingerprint density at radius 1 is 1.21 bits per heavy atom. The van der Waals surface area contributed by atoms with E-state index in [9.17, 15) is 0 Å². The molecular formula is C16H17N5O3. The van der Waals surface area contributed by atoms with E-state index in [1.54, 1.807) is 6.20 Å². The summed E-state index contributed by atoms with van der Waals surface area (Å²) in [5.41, 5.74) is 1.04. The lowest BCUT2D eigenvalue weighted by Crippen LogP contribution is -2.21. The second kappa shape index (κ2) is 6.23. The zero-order chi connectivity index (χ0) is 16.4. The Labute approximate surface area is 138 Å². The number of hydrogen-bond acceptors (Lipinski definition) is 7. The smallest absolute Gasteiger partial charge is 0.315 e. The topological polar surface area (TPSA) is 87.2 Å². The third-order valence-electron chi connectivity index (χ3n) is 3.75. The number of benzene rings is 1. The highest BCUT2D eigenvalue weighted by atomic mass is 16.6. The van der Waals surface area contributed by atoms with E-state index in [-0.39, 0.29) is 0 Å². The summed E-state index contributed by atoms with van der Waals surface area (Å²) < 4.78 is 19.1. The fourth-order valence-corrected chi connectivity index (χ4v) is 2.54. The monoisotopic (exact) mass is 327 g/mol. The maximum atomic E-state index is 5.86. The first-order valence-electron chi connectivity index (χ1n) is 7.80. The van der Waals surface area contributed by atoms with Crippen LogP contribution in [0.3, 0.4) is 0 Å². The summed E-state index contributed by atoms with van der Waals surface area (Å²) in [5.74, 6) is 1.78. The number of para-hydroxylation sites is 2. The van der Waals surface area contributed by atoms with E-state index in [2.05, 4.69) is 20.6 Å². The third kappa shape index (κ3) is 2.78. The van der Waals surface area contributed by atoms with Crippen molar-refractivity contribution >= 4 is 6.01 Å². The van der Waals surface area contributed by atoms with E-state index in [1.807, 2.05) is 41.9 Å². The number of rotatable bonds is 5. The van der Waals surface area contributed by atoms with E-state index in [0.717, 1.165) is 18.0 Å². The standard InChI is InChI=1S/C16H17N5O3/c1-2-21-11(7-8-18-21)9-17-16-20-19-15(24-16)14-10-22-12-5-3-4-6-13(12)23-14/h3-8,14H,2,9-10H2,1H3,(H,17,20)/t14-/m1/s1. The van der Waals surface area contributed by atoms with Gasteiger partial charge in [0.1, 0.15) is 6.61 Å². The van der Waals surface area contributed by atoms with Crippen LogP contribution in [0.15, 0.2) is 40.9 Å². The van der Waals surface area contributed by atoms with Crippen LogP contribution in [0.5, 0.6) is 11.5 Å². The van der Waals surface area contributed by atoms with Crippen molar-refractivity contribution in [2.75, 3.05) is 11.9 Å². The third-order valence-corrected chi connectivity index (χ3v) is 3.75. The van der Waals surface area contributed by atoms with Crippen molar-refractivity contribution in [3.63, 3.8) is 0 Å². The molecule has 1 aromatic carbocycles. The molecule has 24 heavy (non-hydrogen) atoms. The molecular weight excluding hydrogens is 310 g/mol. The quantitative estimate of drug-likeness (QED) is 0.770. The first-order valence-corrected chi connectivity index (χ1v) is 7.80. The van der Waals surface area contributed by atoms with Crippen LogP contribution < -0.4 is 14.8 Å². The lowest BCUT2D eigenvalue weighted by molar-refractivity contribution is 0.0717. The number of anilines is 1. The molecule has 0 unspecified atom stereocenters. The molecule has 0 amide bonds. The van der Waals surface area contributed by atoms with Crippen molar-refractivity contribution in [2.45, 2.75) is 26.1 Å². The Hall–Kier alpha value is -3.03. The Balaban J connectivity index is 1.42. The van der Waals surface area contributed by atoms with E-state index in [0.29, 0.717) is 30.8 Å². The zero-order valence-corrected chi connectivity index (χ0v) is 13.2. The van der Waals surface area contributed by atoms with Crippen molar-refractivity contribution < 1.29 is 13.9 Å². The van der Waals surface area contributed by atoms with Crippen LogP contribution in [-0.2, 0) is 13.1 Å². The van der Waals surface area contributed by atoms with Gasteiger partial charge in [-0.2, -0.15) is 5.10 Å². The van der Waals surface area contributed by atoms with Gasteiger partial charge in [0.2, 0.25) is 6.10 Å². The summed E-state index contributed by atoms with van der Waals surface area (Å²) >= 11 is 0. The van der Waals surface area contributed by atoms with Crippen LogP contribution in [0.2, 0.25) is 0 Å². The van der Waals surface area contributed by atoms with E-state index in [1.165, 1.54) is 0 Å². The first-order chi connectivity index (χ1) is 11.8. The average Bonchev–Trinajstić information content (AvgIpc) is 3.28. The molecule has 2 aromatic heterocycles. The van der Waals surface area contributed by atoms with Crippen LogP contribution in [0.4, 0.5) is 6.01 Å². The fourth-order valence-electron chi connectivity index (χ4n) is 2.54. The maximum absolute atomic E-state index is 5.86. The van der Waals surface area contributed by atoms with Gasteiger partial charge >= 0.3 is 6.01 Å². The van der Waals surface area contributed by atoms with E-state index in [4.69, 9.17) is 13.9 Å². The van der Waals surface area contributed by atoms with Crippen molar-refractivity contribution in [1.82, 2.24) is 20.0 Å². The van der Waals surface area contributed by atoms with Gasteiger partial charge in [-0.05, 0) is 25.1 Å². The Bertz CT molecular complexity index is 828. The van der Waals surface area contributed by atoms with Crippen LogP contribution in [-0.4, -0.2) is 26.6 Å². The lowest BCUT2D eigenvalue weighted by atomic mass is 10.2. The number of fused-ring (bicyclic) bond motifs is 1. The van der Waals surface area contributed by atoms with Gasteiger partial charge in [-0.3, -0.25) is 4.68 Å². The molecule has 1 atom stereocenters. The highest BCUT2D eigenvalue weighted by Crippen LogP contribution is 2.35. The van der Waals surface area contributed by atoms with Crippen LogP contribution in [0, 0.1) is 0 Å². The SMILES string of the molecule is CCn1nccc1CNc1nnc([C@H]2COc3ccccc3O2)o1. The zero-order valence-electron chi connectivity index (χ0n) is 13.2. The van der Waals surface area contributed by atoms with Crippen LogP contribution in [0.25, 0.3) is 0 Å². The van der Waals surface area contributed by atoms with E-state index >= 15 is 0 Å². The number of aryl methyl sites for hydroxylation is 1. The number of ether oxygens (including phenoxy) is 2. The highest BCUT2D eigenvalue weighted by molar-refractivity contribution is 5.41. The van der Waals surface area contributed by atoms with Gasteiger partial charge in [-0.25, -0.2) is 0 Å². The van der Waals surface area contributed by atoms with Crippen molar-refractivity contribution in [3.05, 3.63) is 48.1 Å². The Kier molecular flexibility index (Phi) is 3.78. The van der Waals surface area contributed by atoms with Crippen molar-refractivity contribution in [1.29, 1.82) is 0 Å². The number of hydrogen-bond donors (Lipinski definition) is 1. The van der Waals surface area contributed by atoms with Gasteiger partial charge in [-0.1, -0.05) is 17.2 Å². The van der Waals surface area contributed by atoms with Gasteiger partial charge in [0.15, 0.2) is 11.5 Å². The largest absolute Gasteiger partial charge is 0.485 e. The number of nitrogens with one attached hydrogen (secondary N) is 1. The van der Waals surface area contributed by atoms with Crippen molar-refractivity contribution in [3.8, 4) is 11.5 Å². The molecule has 0 spiro atoms. The van der Waals surface area contributed by atoms with Crippen molar-refractivity contribution in [2.24, 2.45) is 0 Å². The molecule has 0 radical (unpaired) electrons. The summed E-state index contributed by atoms with van der Waals surface area (Å²) in [6.07, 6.45) is 1.36. The minimum atomic E-state index is -0.413. The highest BCUT2D eigenvalue weighted by Gasteiger charge is 2.27. The van der Waals surface area contributed by atoms with Gasteiger partial charge in [0.25, 0.3) is 5.89 Å². The number of nitrogens with zero attached hydrogens (tertiary/aromatic N) is 4. The normalized spacial score (nSPS) is 16.1. The molecule has 3 heterocycles. The number of aromatic nitrogens is 4. The Morgan fingerprint density at radius 2 is 2.08 bits per heavy atom. The second-order valence-corrected chi connectivity index (χ2v) is 5.30. The summed E-state index contributed by atoms with van der Waals surface area (Å²) in [6, 6.07) is 9.80. The summed E-state index contributed by atoms with van der Waals surface area (Å²) in [5, 5.41) is 15.4. The molecule has 0 aliphatic carbocycles. The molecule has 0 fully saturated rings. The molecule has 0 saturated carbocycles. The van der Waals surface area contributed by atoms with Gasteiger partial charge in [-0.15, -0.1) is 5.10 Å². The first kappa shape index (κ1) is 14.6. The van der Waals surface area contributed by atoms with Gasteiger partial charge in [0, 0.05) is 12.7 Å². The minimum Gasteiger partial charge on any atom is -0.485 e. The molecule has 1 aliphatic rings. The van der Waals surface area contributed by atoms with Crippen LogP contribution in [0.1, 0.15) is 24.6 Å². The molecule has 4 rings (SSSR count). The Morgan fingerprint density at radius 3 is 2.96 bits per heavy atom. The molecule has 1 N–H and O–H groups in total. The molecule has 3 aromatic rings. The maximum Gasteiger partial charge on any atom is 0.315 e. The molecule has 0 bridgehead atoms. The predicted molar refractivity (Wildman–Crippen MR) is 84.8 cm³/mol. The molecule has 0 saturated heterocycles. The van der Waals surface area contributed by atoms with Crippen LogP contribution >= 0.6 is 0 Å². The molecule has 1 aliphatic heterocycles. The molecule has 124 valence electrons. The second-order valence-electron chi connectivity index (χ2n) is 5.30. The molecule has 8 nitrogen and oxygen atoms in total. The predicted octanol–water partition coefficient (Wildman–Crippen LogP) is 2.41. The minimum absolute atomic E-state index is 0.335. The lowest BCUT2D eigenvalue weighted by Gasteiger charge is -2.23. The van der Waals surface area contributed by atoms with E-state index < -0.39 is 6.10 Å². The summed E-state index contributed by atoms with van der Waals surface area (Å²) in [6.45, 7) is 3.74. The van der Waals surface area contributed by atoms with Gasteiger partial charge < -0.3 is 19.2 Å². The fraction of sp³-hybridized carbons (Fsp3) is 0.312. The van der Waals surface area contributed by atoms with Gasteiger partial charge in [0.05, 0.1) is 12.2 Å². The summed E-state index contributed by atoms with van der Waals surface area (Å²) in [4.78, 5) is 0. The molecule has 8 heteroatoms. The average molecular weight is 327 g/mol.